The quantitative estimate of drug-likeness (QED) is 0.912. The number of likely N-dealkylation sites (tertiary alicyclic amines) is 1. The predicted octanol–water partition coefficient (Wildman–Crippen LogP) is 2.84. The number of amides is 3. The molecule has 2 fully saturated rings. The van der Waals surface area contributed by atoms with Gasteiger partial charge in [-0.1, -0.05) is 18.2 Å². The molecule has 1 aromatic heterocycles. The molecule has 2 aromatic rings. The van der Waals surface area contributed by atoms with Gasteiger partial charge in [0.25, 0.3) is 5.91 Å². The molecule has 1 aromatic carbocycles. The van der Waals surface area contributed by atoms with E-state index in [2.05, 4.69) is 17.4 Å². The third-order valence-electron chi connectivity index (χ3n) is 5.05. The van der Waals surface area contributed by atoms with Gasteiger partial charge < -0.3 is 15.1 Å². The van der Waals surface area contributed by atoms with Gasteiger partial charge in [0.05, 0.1) is 10.9 Å². The Balaban J connectivity index is 1.57. The number of fused-ring (bicyclic) bond motifs is 1. The average molecular weight is 343 g/mol. The molecule has 1 N–H and O–H groups in total. The second-order valence-electron chi connectivity index (χ2n) is 6.52. The van der Waals surface area contributed by atoms with Crippen molar-refractivity contribution >= 4 is 33.4 Å². The fourth-order valence-corrected chi connectivity index (χ4v) is 4.93. The molecule has 0 saturated carbocycles. The van der Waals surface area contributed by atoms with E-state index < -0.39 is 0 Å². The Morgan fingerprint density at radius 2 is 2.12 bits per heavy atom. The van der Waals surface area contributed by atoms with Gasteiger partial charge in [0, 0.05) is 30.9 Å². The largest absolute Gasteiger partial charge is 0.336 e. The zero-order valence-electron chi connectivity index (χ0n) is 13.7. The summed E-state index contributed by atoms with van der Waals surface area (Å²) in [6, 6.07) is 8.31. The normalized spacial score (nSPS) is 21.4. The van der Waals surface area contributed by atoms with Crippen LogP contribution in [0.4, 0.5) is 4.79 Å². The van der Waals surface area contributed by atoms with E-state index in [1.165, 1.54) is 5.39 Å². The van der Waals surface area contributed by atoms with Gasteiger partial charge in [0.2, 0.25) is 0 Å². The minimum atomic E-state index is 0.00680. The van der Waals surface area contributed by atoms with Crippen LogP contribution in [0.1, 0.15) is 28.1 Å². The molecule has 2 aliphatic heterocycles. The number of hydrogen-bond donors (Lipinski definition) is 1. The van der Waals surface area contributed by atoms with Crippen molar-refractivity contribution in [2.75, 3.05) is 26.2 Å². The van der Waals surface area contributed by atoms with Gasteiger partial charge in [-0.05, 0) is 36.8 Å². The number of carbonyl (C=O) groups is 2. The van der Waals surface area contributed by atoms with Crippen LogP contribution in [0.15, 0.2) is 24.3 Å². The Bertz CT molecular complexity index is 801. The molecule has 0 aliphatic carbocycles. The monoisotopic (exact) mass is 343 g/mol. The van der Waals surface area contributed by atoms with Crippen LogP contribution in [-0.2, 0) is 0 Å². The Labute approximate surface area is 145 Å². The van der Waals surface area contributed by atoms with Gasteiger partial charge in [0.1, 0.15) is 0 Å². The standard InChI is InChI=1S/C18H21N3O2S/c1-12-14-6-2-3-7-15(14)24-16(12)17(22)20-9-4-5-13(11-20)21-10-8-19-18(21)23/h2-3,6-7,13H,4-5,8-11H2,1H3,(H,19,23)/t13-/m1/s1. The molecule has 3 heterocycles. The summed E-state index contributed by atoms with van der Waals surface area (Å²) in [4.78, 5) is 29.6. The highest BCUT2D eigenvalue weighted by Crippen LogP contribution is 2.32. The lowest BCUT2D eigenvalue weighted by Crippen LogP contribution is -2.50. The molecule has 6 heteroatoms. The van der Waals surface area contributed by atoms with Crippen molar-refractivity contribution in [2.45, 2.75) is 25.8 Å². The topological polar surface area (TPSA) is 52.7 Å². The maximum absolute atomic E-state index is 13.0. The van der Waals surface area contributed by atoms with Crippen molar-refractivity contribution in [3.63, 3.8) is 0 Å². The molecular weight excluding hydrogens is 322 g/mol. The number of nitrogens with one attached hydrogen (secondary N) is 1. The molecule has 5 nitrogen and oxygen atoms in total. The van der Waals surface area contributed by atoms with Gasteiger partial charge in [-0.2, -0.15) is 0 Å². The Hall–Kier alpha value is -2.08. The van der Waals surface area contributed by atoms with Crippen molar-refractivity contribution in [3.05, 3.63) is 34.7 Å². The number of aryl methyl sites for hydroxylation is 1. The van der Waals surface area contributed by atoms with Crippen LogP contribution in [0, 0.1) is 6.92 Å². The number of benzene rings is 1. The van der Waals surface area contributed by atoms with Crippen LogP contribution in [0.25, 0.3) is 10.1 Å². The molecule has 0 spiro atoms. The molecule has 2 saturated heterocycles. The lowest BCUT2D eigenvalue weighted by Gasteiger charge is -2.37. The average Bonchev–Trinajstić information content (AvgIpc) is 3.18. The Morgan fingerprint density at radius 3 is 2.88 bits per heavy atom. The number of nitrogens with zero attached hydrogens (tertiary/aromatic N) is 2. The van der Waals surface area contributed by atoms with Crippen LogP contribution in [-0.4, -0.2) is 54.0 Å². The summed E-state index contributed by atoms with van der Waals surface area (Å²) in [6.45, 7) is 4.89. The van der Waals surface area contributed by atoms with Crippen molar-refractivity contribution < 1.29 is 9.59 Å². The number of hydrogen-bond acceptors (Lipinski definition) is 3. The number of carbonyl (C=O) groups excluding carboxylic acids is 2. The van der Waals surface area contributed by atoms with E-state index >= 15 is 0 Å². The molecule has 0 unspecified atom stereocenters. The highest BCUT2D eigenvalue weighted by Gasteiger charge is 2.33. The van der Waals surface area contributed by atoms with Crippen molar-refractivity contribution in [1.29, 1.82) is 0 Å². The number of rotatable bonds is 2. The molecule has 24 heavy (non-hydrogen) atoms. The summed E-state index contributed by atoms with van der Waals surface area (Å²) in [5, 5.41) is 4.02. The first-order valence-electron chi connectivity index (χ1n) is 8.47. The van der Waals surface area contributed by atoms with E-state index in [-0.39, 0.29) is 18.0 Å². The van der Waals surface area contributed by atoms with E-state index in [0.717, 1.165) is 41.1 Å². The van der Waals surface area contributed by atoms with Gasteiger partial charge in [-0.15, -0.1) is 11.3 Å². The molecule has 126 valence electrons. The number of piperidine rings is 1. The number of thiophene rings is 1. The first kappa shape index (κ1) is 15.4. The minimum absolute atomic E-state index is 0.00680. The SMILES string of the molecule is Cc1c(C(=O)N2CCC[C@@H](N3CCNC3=O)C2)sc2ccccc12. The summed E-state index contributed by atoms with van der Waals surface area (Å²) in [7, 11) is 0. The summed E-state index contributed by atoms with van der Waals surface area (Å²) in [5.74, 6) is 0.109. The second-order valence-corrected chi connectivity index (χ2v) is 7.58. The molecule has 0 radical (unpaired) electrons. The van der Waals surface area contributed by atoms with Crippen LogP contribution < -0.4 is 5.32 Å². The smallest absolute Gasteiger partial charge is 0.317 e. The van der Waals surface area contributed by atoms with Crippen LogP contribution in [0.5, 0.6) is 0 Å². The molecule has 4 rings (SSSR count). The summed E-state index contributed by atoms with van der Waals surface area (Å²) in [5.41, 5.74) is 1.07. The highest BCUT2D eigenvalue weighted by molar-refractivity contribution is 7.21. The molecule has 1 atom stereocenters. The minimum Gasteiger partial charge on any atom is -0.336 e. The third-order valence-corrected chi connectivity index (χ3v) is 6.31. The van der Waals surface area contributed by atoms with Crippen molar-refractivity contribution in [1.82, 2.24) is 15.1 Å². The fourth-order valence-electron chi connectivity index (χ4n) is 3.75. The molecular formula is C18H21N3O2S. The van der Waals surface area contributed by atoms with Gasteiger partial charge >= 0.3 is 6.03 Å². The molecule has 3 amide bonds. The molecule has 2 aliphatic rings. The first-order valence-corrected chi connectivity index (χ1v) is 9.28. The maximum atomic E-state index is 13.0. The maximum Gasteiger partial charge on any atom is 0.317 e. The van der Waals surface area contributed by atoms with Crippen LogP contribution in [0.3, 0.4) is 0 Å². The van der Waals surface area contributed by atoms with Crippen molar-refractivity contribution in [2.24, 2.45) is 0 Å². The van der Waals surface area contributed by atoms with Crippen molar-refractivity contribution in [3.8, 4) is 0 Å². The van der Waals surface area contributed by atoms with E-state index in [1.54, 1.807) is 11.3 Å². The van der Waals surface area contributed by atoms with Crippen LogP contribution in [0.2, 0.25) is 0 Å². The molecule has 0 bridgehead atoms. The Morgan fingerprint density at radius 1 is 1.29 bits per heavy atom. The summed E-state index contributed by atoms with van der Waals surface area (Å²) >= 11 is 1.58. The highest BCUT2D eigenvalue weighted by atomic mass is 32.1. The van der Waals surface area contributed by atoms with E-state index in [9.17, 15) is 9.59 Å². The number of urea groups is 1. The lowest BCUT2D eigenvalue weighted by atomic mass is 10.0. The second kappa shape index (κ2) is 6.09. The van der Waals surface area contributed by atoms with E-state index in [0.29, 0.717) is 13.1 Å². The Kier molecular flexibility index (Phi) is 3.92. The van der Waals surface area contributed by atoms with E-state index in [1.807, 2.05) is 28.9 Å². The third kappa shape index (κ3) is 2.55. The zero-order chi connectivity index (χ0) is 16.7. The lowest BCUT2D eigenvalue weighted by molar-refractivity contribution is 0.0638. The van der Waals surface area contributed by atoms with E-state index in [4.69, 9.17) is 0 Å². The zero-order valence-corrected chi connectivity index (χ0v) is 14.6. The van der Waals surface area contributed by atoms with Gasteiger partial charge in [-0.3, -0.25) is 4.79 Å². The van der Waals surface area contributed by atoms with Gasteiger partial charge in [-0.25, -0.2) is 4.79 Å². The van der Waals surface area contributed by atoms with Crippen LogP contribution >= 0.6 is 11.3 Å². The summed E-state index contributed by atoms with van der Waals surface area (Å²) in [6.07, 6.45) is 1.92. The van der Waals surface area contributed by atoms with Gasteiger partial charge in [0.15, 0.2) is 0 Å². The summed E-state index contributed by atoms with van der Waals surface area (Å²) < 4.78 is 1.16. The first-order chi connectivity index (χ1) is 11.6. The predicted molar refractivity (Wildman–Crippen MR) is 95.6 cm³/mol. The fraction of sp³-hybridized carbons (Fsp3) is 0.444.